The fourth-order valence-electron chi connectivity index (χ4n) is 2.47. The van der Waals surface area contributed by atoms with Crippen LogP contribution in [0.1, 0.15) is 78.1 Å². The zero-order valence-electron chi connectivity index (χ0n) is 17.1. The largest absolute Gasteiger partial charge is 0.371 e. The number of nitrogens with one attached hydrogen (secondary N) is 2. The second-order valence-electron chi connectivity index (χ2n) is 7.04. The molecule has 1 heterocycles. The summed E-state index contributed by atoms with van der Waals surface area (Å²) in [5.41, 5.74) is 0.234. The zero-order valence-corrected chi connectivity index (χ0v) is 19.4. The number of nitrogens with zero attached hydrogens (tertiary/aromatic N) is 3. The van der Waals surface area contributed by atoms with Crippen LogP contribution < -0.4 is 10.6 Å². The van der Waals surface area contributed by atoms with E-state index < -0.39 is 0 Å². The quantitative estimate of drug-likeness (QED) is 0.215. The van der Waals surface area contributed by atoms with Gasteiger partial charge in [0.2, 0.25) is 5.89 Å². The third kappa shape index (κ3) is 9.70. The molecule has 0 aliphatic carbocycles. The first-order chi connectivity index (χ1) is 11.9. The van der Waals surface area contributed by atoms with Gasteiger partial charge in [0.25, 0.3) is 0 Å². The van der Waals surface area contributed by atoms with Gasteiger partial charge < -0.3 is 19.9 Å². The van der Waals surface area contributed by atoms with Crippen molar-refractivity contribution in [2.24, 2.45) is 10.4 Å². The molecule has 0 saturated carbocycles. The lowest BCUT2D eigenvalue weighted by Gasteiger charge is -2.26. The first-order valence-corrected chi connectivity index (χ1v) is 9.30. The maximum absolute atomic E-state index is 5.46. The van der Waals surface area contributed by atoms with E-state index in [-0.39, 0.29) is 35.5 Å². The SMILES string of the molecule is CCCCCC(C)(C)CNC(=NC)NCc1nc(C(C)OCC)no1.I. The number of rotatable bonds is 11. The Hall–Kier alpha value is -0.900. The Balaban J connectivity index is 0.00000625. The van der Waals surface area contributed by atoms with Crippen LogP contribution in [-0.4, -0.2) is 36.3 Å². The van der Waals surface area contributed by atoms with Crippen LogP contribution in [0.4, 0.5) is 0 Å². The van der Waals surface area contributed by atoms with Gasteiger partial charge in [0, 0.05) is 20.2 Å². The molecule has 0 aliphatic heterocycles. The average molecular weight is 481 g/mol. The van der Waals surface area contributed by atoms with Gasteiger partial charge in [-0.25, -0.2) is 0 Å². The number of halogens is 1. The first kappa shape index (κ1) is 25.1. The zero-order chi connectivity index (χ0) is 18.7. The molecule has 2 N–H and O–H groups in total. The maximum Gasteiger partial charge on any atom is 0.246 e. The van der Waals surface area contributed by atoms with Gasteiger partial charge >= 0.3 is 0 Å². The first-order valence-electron chi connectivity index (χ1n) is 9.30. The minimum Gasteiger partial charge on any atom is -0.371 e. The van der Waals surface area contributed by atoms with Crippen LogP contribution in [0.15, 0.2) is 9.52 Å². The van der Waals surface area contributed by atoms with Gasteiger partial charge in [0.05, 0.1) is 6.54 Å². The average Bonchev–Trinajstić information content (AvgIpc) is 3.04. The summed E-state index contributed by atoms with van der Waals surface area (Å²) in [6, 6.07) is 0. The van der Waals surface area contributed by atoms with Crippen molar-refractivity contribution >= 4 is 29.9 Å². The normalized spacial score (nSPS) is 13.2. The molecule has 0 saturated heterocycles. The molecule has 7 nitrogen and oxygen atoms in total. The van der Waals surface area contributed by atoms with Crippen molar-refractivity contribution in [1.29, 1.82) is 0 Å². The third-order valence-electron chi connectivity index (χ3n) is 4.09. The second-order valence-corrected chi connectivity index (χ2v) is 7.04. The third-order valence-corrected chi connectivity index (χ3v) is 4.09. The lowest BCUT2D eigenvalue weighted by molar-refractivity contribution is 0.0683. The molecule has 1 rings (SSSR count). The molecular formula is C18H36IN5O2. The summed E-state index contributed by atoms with van der Waals surface area (Å²) in [4.78, 5) is 8.60. The Labute approximate surface area is 175 Å². The number of aliphatic imine (C=N–C) groups is 1. The number of aromatic nitrogens is 2. The van der Waals surface area contributed by atoms with Gasteiger partial charge in [-0.2, -0.15) is 4.98 Å². The van der Waals surface area contributed by atoms with E-state index >= 15 is 0 Å². The van der Waals surface area contributed by atoms with E-state index in [4.69, 9.17) is 9.26 Å². The molecule has 8 heteroatoms. The molecule has 0 amide bonds. The highest BCUT2D eigenvalue weighted by Gasteiger charge is 2.18. The van der Waals surface area contributed by atoms with Crippen LogP contribution in [0, 0.1) is 5.41 Å². The standard InChI is InChI=1S/C18H35N5O2.HI/c1-7-9-10-11-18(4,5)13-21-17(19-6)20-12-15-22-16(23-25-15)14(3)24-8-2;/h14H,7-13H2,1-6H3,(H2,19,20,21);1H. The number of hydrogen-bond donors (Lipinski definition) is 2. The lowest BCUT2D eigenvalue weighted by Crippen LogP contribution is -2.41. The highest BCUT2D eigenvalue weighted by atomic mass is 127. The Morgan fingerprint density at radius 2 is 2.00 bits per heavy atom. The molecule has 0 aliphatic rings. The Morgan fingerprint density at radius 3 is 2.62 bits per heavy atom. The highest BCUT2D eigenvalue weighted by Crippen LogP contribution is 2.22. The summed E-state index contributed by atoms with van der Waals surface area (Å²) in [7, 11) is 1.76. The van der Waals surface area contributed by atoms with Crippen molar-refractivity contribution in [3.8, 4) is 0 Å². The predicted molar refractivity (Wildman–Crippen MR) is 116 cm³/mol. The Kier molecular flexibility index (Phi) is 12.8. The number of ether oxygens (including phenoxy) is 1. The predicted octanol–water partition coefficient (Wildman–Crippen LogP) is 4.06. The van der Waals surface area contributed by atoms with Crippen molar-refractivity contribution < 1.29 is 9.26 Å². The van der Waals surface area contributed by atoms with Crippen molar-refractivity contribution in [3.05, 3.63) is 11.7 Å². The number of unbranched alkanes of at least 4 members (excludes halogenated alkanes) is 2. The lowest BCUT2D eigenvalue weighted by atomic mass is 9.87. The Bertz CT molecular complexity index is 519. The summed E-state index contributed by atoms with van der Waals surface area (Å²) in [5, 5.41) is 10.5. The summed E-state index contributed by atoms with van der Waals surface area (Å²) < 4.78 is 10.7. The van der Waals surface area contributed by atoms with Crippen molar-refractivity contribution in [2.45, 2.75) is 73.0 Å². The fourth-order valence-corrected chi connectivity index (χ4v) is 2.47. The Morgan fingerprint density at radius 1 is 1.27 bits per heavy atom. The summed E-state index contributed by atoms with van der Waals surface area (Å²) in [6.45, 7) is 12.6. The number of guanidine groups is 1. The van der Waals surface area contributed by atoms with Gasteiger partial charge in [-0.3, -0.25) is 4.99 Å². The summed E-state index contributed by atoms with van der Waals surface area (Å²) in [5.74, 6) is 1.83. The fraction of sp³-hybridized carbons (Fsp3) is 0.833. The van der Waals surface area contributed by atoms with Gasteiger partial charge in [-0.05, 0) is 25.7 Å². The van der Waals surface area contributed by atoms with Crippen LogP contribution in [0.3, 0.4) is 0 Å². The van der Waals surface area contributed by atoms with E-state index in [2.05, 4.69) is 46.5 Å². The minimum absolute atomic E-state index is 0. The van der Waals surface area contributed by atoms with Gasteiger partial charge in [-0.15, -0.1) is 24.0 Å². The highest BCUT2D eigenvalue weighted by molar-refractivity contribution is 14.0. The van der Waals surface area contributed by atoms with E-state index in [9.17, 15) is 0 Å². The molecule has 0 bridgehead atoms. The van der Waals surface area contributed by atoms with Crippen LogP contribution >= 0.6 is 24.0 Å². The molecule has 1 atom stereocenters. The molecule has 1 unspecified atom stereocenters. The van der Waals surface area contributed by atoms with E-state index in [1.165, 1.54) is 25.7 Å². The molecule has 1 aromatic heterocycles. The van der Waals surface area contributed by atoms with Crippen LogP contribution in [-0.2, 0) is 11.3 Å². The van der Waals surface area contributed by atoms with E-state index in [0.29, 0.717) is 24.9 Å². The van der Waals surface area contributed by atoms with Crippen molar-refractivity contribution in [2.75, 3.05) is 20.2 Å². The molecule has 0 fully saturated rings. The van der Waals surface area contributed by atoms with Crippen molar-refractivity contribution in [1.82, 2.24) is 20.8 Å². The summed E-state index contributed by atoms with van der Waals surface area (Å²) >= 11 is 0. The molecule has 152 valence electrons. The molecule has 0 spiro atoms. The van der Waals surface area contributed by atoms with E-state index in [1.807, 2.05) is 13.8 Å². The smallest absolute Gasteiger partial charge is 0.246 e. The van der Waals surface area contributed by atoms with E-state index in [0.717, 1.165) is 12.5 Å². The number of hydrogen-bond acceptors (Lipinski definition) is 5. The van der Waals surface area contributed by atoms with Gasteiger partial charge in [0.1, 0.15) is 6.10 Å². The van der Waals surface area contributed by atoms with Gasteiger partial charge in [0.15, 0.2) is 11.8 Å². The molecule has 0 radical (unpaired) electrons. The van der Waals surface area contributed by atoms with Crippen LogP contribution in [0.5, 0.6) is 0 Å². The maximum atomic E-state index is 5.46. The molecule has 1 aromatic rings. The van der Waals surface area contributed by atoms with E-state index in [1.54, 1.807) is 7.05 Å². The monoisotopic (exact) mass is 481 g/mol. The molecular weight excluding hydrogens is 445 g/mol. The minimum atomic E-state index is -0.163. The van der Waals surface area contributed by atoms with Crippen LogP contribution in [0.25, 0.3) is 0 Å². The summed E-state index contributed by atoms with van der Waals surface area (Å²) in [6.07, 6.45) is 4.84. The van der Waals surface area contributed by atoms with Gasteiger partial charge in [-0.1, -0.05) is 45.2 Å². The van der Waals surface area contributed by atoms with Crippen LogP contribution in [0.2, 0.25) is 0 Å². The second kappa shape index (κ2) is 13.3. The molecule has 0 aromatic carbocycles. The molecule has 26 heavy (non-hydrogen) atoms. The topological polar surface area (TPSA) is 84.6 Å². The van der Waals surface area contributed by atoms with Crippen molar-refractivity contribution in [3.63, 3.8) is 0 Å².